The Morgan fingerprint density at radius 3 is 1.45 bits per heavy atom. The van der Waals surface area contributed by atoms with Crippen LogP contribution < -0.4 is 0 Å². The van der Waals surface area contributed by atoms with E-state index in [1.165, 1.54) is 19.3 Å². The molecule has 0 amide bonds. The summed E-state index contributed by atoms with van der Waals surface area (Å²) in [5.74, 6) is 0. The molecule has 1 fully saturated rings. The summed E-state index contributed by atoms with van der Waals surface area (Å²) in [6.45, 7) is 9.64. The van der Waals surface area contributed by atoms with E-state index in [9.17, 15) is 0 Å². The lowest BCUT2D eigenvalue weighted by Crippen LogP contribution is -2.28. The van der Waals surface area contributed by atoms with Crippen LogP contribution >= 0.6 is 8.58 Å². The predicted molar refractivity (Wildman–Crippen MR) is 60.3 cm³/mol. The molecule has 1 aliphatic rings. The average Bonchev–Trinajstić information content (AvgIpc) is 1.56. The normalized spacial score (nSPS) is 27.3. The Kier molecular flexibility index (Phi) is 3.63. The third-order valence-electron chi connectivity index (χ3n) is 2.28. The zero-order valence-electron chi connectivity index (χ0n) is 7.62. The van der Waals surface area contributed by atoms with Crippen LogP contribution in [0.5, 0.6) is 0 Å². The summed E-state index contributed by atoms with van der Waals surface area (Å²) < 4.78 is 0. The van der Waals surface area contributed by atoms with Crippen molar-refractivity contribution < 1.29 is 0 Å². The highest BCUT2D eigenvalue weighted by Crippen LogP contribution is 2.52. The van der Waals surface area contributed by atoms with Gasteiger partial charge < -0.3 is 0 Å². The van der Waals surface area contributed by atoms with Crippen LogP contribution in [-0.4, -0.2) is 18.7 Å². The van der Waals surface area contributed by atoms with Gasteiger partial charge in [0, 0.05) is 0 Å². The van der Waals surface area contributed by atoms with Crippen molar-refractivity contribution in [1.82, 2.24) is 0 Å². The minimum absolute atomic E-state index is 0. The molecule has 0 aliphatic carbocycles. The molecule has 0 aromatic carbocycles. The average molecular weight is 172 g/mol. The molecule has 0 aromatic rings. The summed E-state index contributed by atoms with van der Waals surface area (Å²) in [4.78, 5) is 0. The fourth-order valence-corrected chi connectivity index (χ4v) is 4.45. The second-order valence-corrected chi connectivity index (χ2v) is 7.70. The predicted octanol–water partition coefficient (Wildman–Crippen LogP) is 2.22. The highest BCUT2D eigenvalue weighted by molar-refractivity contribution is 7.41. The van der Waals surface area contributed by atoms with Crippen molar-refractivity contribution >= 4 is 17.0 Å². The van der Waals surface area contributed by atoms with Gasteiger partial charge in [0.25, 0.3) is 0 Å². The summed E-state index contributed by atoms with van der Waals surface area (Å²) in [5.41, 5.74) is 0. The first-order chi connectivity index (χ1) is 4.41. The number of hydrogen-bond donors (Lipinski definition) is 0. The molecule has 0 aromatic heterocycles. The molecular formula is C9H22BP. The first-order valence-corrected chi connectivity index (χ1v) is 5.21. The number of hydrogen-bond acceptors (Lipinski definition) is 0. The maximum absolute atomic E-state index is 2.41. The van der Waals surface area contributed by atoms with Crippen molar-refractivity contribution in [2.24, 2.45) is 0 Å². The molecule has 11 heavy (non-hydrogen) atoms. The quantitative estimate of drug-likeness (QED) is 0.388. The van der Waals surface area contributed by atoms with Gasteiger partial charge in [-0.25, -0.2) is 0 Å². The van der Waals surface area contributed by atoms with E-state index >= 15 is 0 Å². The van der Waals surface area contributed by atoms with Crippen LogP contribution in [0.15, 0.2) is 0 Å². The van der Waals surface area contributed by atoms with E-state index in [1.807, 2.05) is 0 Å². The van der Waals surface area contributed by atoms with E-state index in [0.717, 1.165) is 8.58 Å². The molecular weight excluding hydrogens is 150 g/mol. The summed E-state index contributed by atoms with van der Waals surface area (Å²) in [6.07, 6.45) is 4.32. The second kappa shape index (κ2) is 3.48. The fraction of sp³-hybridized carbons (Fsp3) is 1.00. The maximum atomic E-state index is 2.41. The Hall–Kier alpha value is 0.495. The van der Waals surface area contributed by atoms with Gasteiger partial charge in [-0.1, -0.05) is 34.1 Å². The topological polar surface area (TPSA) is 0 Å². The first-order valence-electron chi connectivity index (χ1n) is 4.21. The SMILES string of the molecule is B.CC1(C)CCCC(C)(C)P1. The summed E-state index contributed by atoms with van der Waals surface area (Å²) in [7, 11) is 1.16. The largest absolute Gasteiger partial charge is 0.110 e. The van der Waals surface area contributed by atoms with Crippen molar-refractivity contribution in [3.8, 4) is 0 Å². The van der Waals surface area contributed by atoms with Crippen LogP contribution in [0, 0.1) is 0 Å². The minimum Gasteiger partial charge on any atom is -0.110 e. The molecule has 1 rings (SSSR count). The van der Waals surface area contributed by atoms with Gasteiger partial charge in [0.15, 0.2) is 0 Å². The van der Waals surface area contributed by atoms with Gasteiger partial charge in [0.1, 0.15) is 0 Å². The third kappa shape index (κ3) is 3.60. The van der Waals surface area contributed by atoms with E-state index in [4.69, 9.17) is 0 Å². The van der Waals surface area contributed by atoms with E-state index in [-0.39, 0.29) is 8.41 Å². The molecule has 0 radical (unpaired) electrons. The Balaban J connectivity index is 0.000001000. The van der Waals surface area contributed by atoms with Gasteiger partial charge in [-0.2, -0.15) is 0 Å². The van der Waals surface area contributed by atoms with Crippen molar-refractivity contribution in [2.45, 2.75) is 57.3 Å². The lowest BCUT2D eigenvalue weighted by molar-refractivity contribution is 0.476. The van der Waals surface area contributed by atoms with Crippen molar-refractivity contribution in [3.05, 3.63) is 0 Å². The highest BCUT2D eigenvalue weighted by Gasteiger charge is 2.32. The van der Waals surface area contributed by atoms with Crippen molar-refractivity contribution in [3.63, 3.8) is 0 Å². The summed E-state index contributed by atoms with van der Waals surface area (Å²) in [6, 6.07) is 0. The molecule has 0 N–H and O–H groups in total. The van der Waals surface area contributed by atoms with E-state index < -0.39 is 0 Å². The molecule has 0 bridgehead atoms. The third-order valence-corrected chi connectivity index (χ3v) is 4.13. The summed E-state index contributed by atoms with van der Waals surface area (Å²) >= 11 is 0. The molecule has 0 spiro atoms. The van der Waals surface area contributed by atoms with Crippen LogP contribution in [0.25, 0.3) is 0 Å². The molecule has 2 heteroatoms. The van der Waals surface area contributed by atoms with Gasteiger partial charge >= 0.3 is 0 Å². The van der Waals surface area contributed by atoms with Crippen LogP contribution in [0.1, 0.15) is 47.0 Å². The smallest absolute Gasteiger partial charge is 0.0814 e. The molecule has 1 heterocycles. The van der Waals surface area contributed by atoms with Crippen LogP contribution in [0.2, 0.25) is 0 Å². The lowest BCUT2D eigenvalue weighted by Gasteiger charge is -2.40. The van der Waals surface area contributed by atoms with Gasteiger partial charge in [0.2, 0.25) is 0 Å². The zero-order valence-corrected chi connectivity index (χ0v) is 8.62. The Bertz CT molecular complexity index is 116. The Morgan fingerprint density at radius 1 is 0.909 bits per heavy atom. The first kappa shape index (κ1) is 11.5. The molecule has 0 unspecified atom stereocenters. The van der Waals surface area contributed by atoms with Gasteiger partial charge in [-0.3, -0.25) is 0 Å². The molecule has 66 valence electrons. The molecule has 1 aliphatic heterocycles. The highest BCUT2D eigenvalue weighted by atomic mass is 31.1. The zero-order chi connectivity index (χ0) is 7.83. The summed E-state index contributed by atoms with van der Waals surface area (Å²) in [5, 5.41) is 1.28. The van der Waals surface area contributed by atoms with Crippen LogP contribution in [0.3, 0.4) is 0 Å². The van der Waals surface area contributed by atoms with Gasteiger partial charge in [0.05, 0.1) is 8.41 Å². The molecule has 0 nitrogen and oxygen atoms in total. The van der Waals surface area contributed by atoms with E-state index in [2.05, 4.69) is 27.7 Å². The number of rotatable bonds is 0. The van der Waals surface area contributed by atoms with Crippen LogP contribution in [0.4, 0.5) is 0 Å². The minimum atomic E-state index is 0. The second-order valence-electron chi connectivity index (χ2n) is 4.75. The Labute approximate surface area is 74.9 Å². The molecule has 0 atom stereocenters. The fourth-order valence-electron chi connectivity index (χ4n) is 2.01. The van der Waals surface area contributed by atoms with Crippen molar-refractivity contribution in [1.29, 1.82) is 0 Å². The monoisotopic (exact) mass is 172 g/mol. The standard InChI is InChI=1S/C9H19P.BH3/c1-8(2)6-5-7-9(3,4)10-8;/h10H,5-7H2,1-4H3;1H3. The van der Waals surface area contributed by atoms with E-state index in [0.29, 0.717) is 10.3 Å². The lowest BCUT2D eigenvalue weighted by atomic mass is 9.98. The molecule has 0 saturated carbocycles. The van der Waals surface area contributed by atoms with Crippen molar-refractivity contribution in [2.75, 3.05) is 0 Å². The van der Waals surface area contributed by atoms with Gasteiger partial charge in [-0.05, 0) is 23.2 Å². The van der Waals surface area contributed by atoms with Gasteiger partial charge in [-0.15, -0.1) is 8.58 Å². The Morgan fingerprint density at radius 2 is 1.27 bits per heavy atom. The van der Waals surface area contributed by atoms with Crippen LogP contribution in [-0.2, 0) is 0 Å². The van der Waals surface area contributed by atoms with E-state index in [1.54, 1.807) is 0 Å². The molecule has 1 saturated heterocycles. The maximum Gasteiger partial charge on any atom is 0.0814 e.